The molecule has 0 radical (unpaired) electrons. The first-order valence-corrected chi connectivity index (χ1v) is 7.21. The van der Waals surface area contributed by atoms with Crippen molar-refractivity contribution in [2.75, 3.05) is 13.2 Å². The molecule has 1 aromatic carbocycles. The van der Waals surface area contributed by atoms with Crippen LogP contribution in [0.15, 0.2) is 48.7 Å². The molecule has 0 unspecified atom stereocenters. The van der Waals surface area contributed by atoms with E-state index >= 15 is 0 Å². The maximum Gasteiger partial charge on any atom is 0.119 e. The summed E-state index contributed by atoms with van der Waals surface area (Å²) in [6.45, 7) is 4.67. The number of hydrogen-bond donors (Lipinski definition) is 1. The van der Waals surface area contributed by atoms with Gasteiger partial charge < -0.3 is 10.1 Å². The smallest absolute Gasteiger partial charge is 0.119 e. The normalized spacial score (nSPS) is 10.4. The molecule has 3 nitrogen and oxygen atoms in total. The van der Waals surface area contributed by atoms with Gasteiger partial charge in [0.25, 0.3) is 0 Å². The number of hydrogen-bond acceptors (Lipinski definition) is 3. The summed E-state index contributed by atoms with van der Waals surface area (Å²) >= 11 is 0. The molecular weight excluding hydrogens is 248 g/mol. The van der Waals surface area contributed by atoms with Crippen molar-refractivity contribution in [3.8, 4) is 5.75 Å². The molecule has 0 saturated carbocycles. The maximum absolute atomic E-state index is 5.63. The minimum absolute atomic E-state index is 0.774. The Kier molecular flexibility index (Phi) is 6.06. The molecule has 0 aliphatic heterocycles. The highest BCUT2D eigenvalue weighted by molar-refractivity contribution is 5.28. The summed E-state index contributed by atoms with van der Waals surface area (Å²) in [5, 5.41) is 3.44. The number of rotatable bonds is 8. The third-order valence-electron chi connectivity index (χ3n) is 2.98. The summed E-state index contributed by atoms with van der Waals surface area (Å²) in [6.07, 6.45) is 3.82. The van der Waals surface area contributed by atoms with Gasteiger partial charge in [-0.25, -0.2) is 0 Å². The summed E-state index contributed by atoms with van der Waals surface area (Å²) in [4.78, 5) is 4.31. The molecule has 1 heterocycles. The van der Waals surface area contributed by atoms with Gasteiger partial charge in [0.1, 0.15) is 5.75 Å². The Balaban J connectivity index is 1.73. The molecule has 1 aromatic heterocycles. The Hall–Kier alpha value is -1.87. The quantitative estimate of drug-likeness (QED) is 0.748. The number of aromatic nitrogens is 1. The molecule has 0 spiro atoms. The molecule has 20 heavy (non-hydrogen) atoms. The Bertz CT molecular complexity index is 499. The molecule has 2 aromatic rings. The van der Waals surface area contributed by atoms with Crippen LogP contribution < -0.4 is 10.1 Å². The molecule has 3 heteroatoms. The lowest BCUT2D eigenvalue weighted by Gasteiger charge is -2.08. The number of nitrogens with zero attached hydrogens (tertiary/aromatic N) is 1. The third-order valence-corrected chi connectivity index (χ3v) is 2.98. The van der Waals surface area contributed by atoms with Crippen molar-refractivity contribution in [2.24, 2.45) is 0 Å². The van der Waals surface area contributed by atoms with Crippen molar-refractivity contribution in [3.05, 3.63) is 59.9 Å². The summed E-state index contributed by atoms with van der Waals surface area (Å²) in [6, 6.07) is 14.3. The lowest BCUT2D eigenvalue weighted by atomic mass is 10.2. The second kappa shape index (κ2) is 8.33. The summed E-state index contributed by atoms with van der Waals surface area (Å²) in [7, 11) is 0. The minimum atomic E-state index is 0.774. The number of nitrogens with one attached hydrogen (secondary N) is 1. The zero-order valence-corrected chi connectivity index (χ0v) is 12.0. The maximum atomic E-state index is 5.63. The highest BCUT2D eigenvalue weighted by Gasteiger charge is 1.97. The Morgan fingerprint density at radius 3 is 2.90 bits per heavy atom. The van der Waals surface area contributed by atoms with Crippen molar-refractivity contribution in [1.82, 2.24) is 10.3 Å². The van der Waals surface area contributed by atoms with Gasteiger partial charge in [-0.05, 0) is 36.2 Å². The molecule has 0 aliphatic rings. The van der Waals surface area contributed by atoms with Crippen LogP contribution in [0.5, 0.6) is 5.75 Å². The monoisotopic (exact) mass is 270 g/mol. The van der Waals surface area contributed by atoms with Gasteiger partial charge in [0.05, 0.1) is 6.61 Å². The Labute approximate surface area is 121 Å². The van der Waals surface area contributed by atoms with E-state index in [0.29, 0.717) is 0 Å². The third kappa shape index (κ3) is 5.02. The second-order valence-corrected chi connectivity index (χ2v) is 4.74. The van der Waals surface area contributed by atoms with Crippen LogP contribution in [0.2, 0.25) is 0 Å². The summed E-state index contributed by atoms with van der Waals surface area (Å²) in [5.74, 6) is 0.955. The summed E-state index contributed by atoms with van der Waals surface area (Å²) < 4.78 is 5.63. The van der Waals surface area contributed by atoms with Crippen molar-refractivity contribution in [2.45, 2.75) is 26.3 Å². The standard InChI is InChI=1S/C17H22N2O/c1-2-12-20-17-8-5-6-15(13-17)14-18-11-9-16-7-3-4-10-19-16/h3-8,10,13,18H,2,9,11-12,14H2,1H3. The van der Waals surface area contributed by atoms with Crippen LogP contribution in [-0.4, -0.2) is 18.1 Å². The molecule has 0 bridgehead atoms. The van der Waals surface area contributed by atoms with Crippen LogP contribution in [0.25, 0.3) is 0 Å². The van der Waals surface area contributed by atoms with Crippen LogP contribution in [0.3, 0.4) is 0 Å². The van der Waals surface area contributed by atoms with E-state index < -0.39 is 0 Å². The molecule has 2 rings (SSSR count). The van der Waals surface area contributed by atoms with E-state index in [1.54, 1.807) is 0 Å². The fraction of sp³-hybridized carbons (Fsp3) is 0.353. The predicted octanol–water partition coefficient (Wildman–Crippen LogP) is 3.20. The first-order chi connectivity index (χ1) is 9.88. The van der Waals surface area contributed by atoms with E-state index in [1.807, 2.05) is 30.5 Å². The Morgan fingerprint density at radius 2 is 2.10 bits per heavy atom. The lowest BCUT2D eigenvalue weighted by Crippen LogP contribution is -2.17. The molecule has 0 atom stereocenters. The molecule has 106 valence electrons. The van der Waals surface area contributed by atoms with E-state index in [4.69, 9.17) is 4.74 Å². The molecule has 0 fully saturated rings. The highest BCUT2D eigenvalue weighted by Crippen LogP contribution is 2.13. The van der Waals surface area contributed by atoms with E-state index in [0.717, 1.165) is 44.0 Å². The van der Waals surface area contributed by atoms with Crippen LogP contribution in [-0.2, 0) is 13.0 Å². The highest BCUT2D eigenvalue weighted by atomic mass is 16.5. The zero-order valence-electron chi connectivity index (χ0n) is 12.0. The van der Waals surface area contributed by atoms with Gasteiger partial charge in [0.2, 0.25) is 0 Å². The number of pyridine rings is 1. The average molecular weight is 270 g/mol. The first-order valence-electron chi connectivity index (χ1n) is 7.21. The first kappa shape index (κ1) is 14.5. The van der Waals surface area contributed by atoms with Gasteiger partial charge in [-0.2, -0.15) is 0 Å². The van der Waals surface area contributed by atoms with Crippen molar-refractivity contribution in [3.63, 3.8) is 0 Å². The van der Waals surface area contributed by atoms with Crippen molar-refractivity contribution < 1.29 is 4.74 Å². The molecule has 0 saturated heterocycles. The topological polar surface area (TPSA) is 34.1 Å². The SMILES string of the molecule is CCCOc1cccc(CNCCc2ccccn2)c1. The minimum Gasteiger partial charge on any atom is -0.494 e. The van der Waals surface area contributed by atoms with E-state index in [-0.39, 0.29) is 0 Å². The molecule has 0 amide bonds. The number of ether oxygens (including phenoxy) is 1. The summed E-state index contributed by atoms with van der Waals surface area (Å²) in [5.41, 5.74) is 2.37. The van der Waals surface area contributed by atoms with Gasteiger partial charge >= 0.3 is 0 Å². The lowest BCUT2D eigenvalue weighted by molar-refractivity contribution is 0.317. The largest absolute Gasteiger partial charge is 0.494 e. The van der Waals surface area contributed by atoms with Crippen molar-refractivity contribution in [1.29, 1.82) is 0 Å². The predicted molar refractivity (Wildman–Crippen MR) is 81.9 cm³/mol. The van der Waals surface area contributed by atoms with Crippen LogP contribution in [0.4, 0.5) is 0 Å². The second-order valence-electron chi connectivity index (χ2n) is 4.74. The van der Waals surface area contributed by atoms with E-state index in [9.17, 15) is 0 Å². The Morgan fingerprint density at radius 1 is 1.15 bits per heavy atom. The van der Waals surface area contributed by atoms with E-state index in [1.165, 1.54) is 5.56 Å². The zero-order chi connectivity index (χ0) is 14.0. The van der Waals surface area contributed by atoms with Gasteiger partial charge in [-0.3, -0.25) is 4.98 Å². The molecular formula is C17H22N2O. The number of benzene rings is 1. The molecule has 0 aliphatic carbocycles. The van der Waals surface area contributed by atoms with Gasteiger partial charge in [-0.1, -0.05) is 25.1 Å². The van der Waals surface area contributed by atoms with Crippen LogP contribution >= 0.6 is 0 Å². The van der Waals surface area contributed by atoms with Gasteiger partial charge in [0, 0.05) is 31.4 Å². The van der Waals surface area contributed by atoms with Crippen LogP contribution in [0.1, 0.15) is 24.6 Å². The fourth-order valence-electron chi connectivity index (χ4n) is 1.96. The van der Waals surface area contributed by atoms with E-state index in [2.05, 4.69) is 35.4 Å². The van der Waals surface area contributed by atoms with Crippen molar-refractivity contribution >= 4 is 0 Å². The van der Waals surface area contributed by atoms with Crippen LogP contribution in [0, 0.1) is 0 Å². The fourth-order valence-corrected chi connectivity index (χ4v) is 1.96. The van der Waals surface area contributed by atoms with Gasteiger partial charge in [-0.15, -0.1) is 0 Å². The molecule has 1 N–H and O–H groups in total. The van der Waals surface area contributed by atoms with Gasteiger partial charge in [0.15, 0.2) is 0 Å². The average Bonchev–Trinajstić information content (AvgIpc) is 2.51.